The van der Waals surface area contributed by atoms with Crippen molar-refractivity contribution in [1.82, 2.24) is 23.9 Å². The first-order chi connectivity index (χ1) is 16.2. The van der Waals surface area contributed by atoms with Crippen LogP contribution in [0.4, 0.5) is 13.2 Å². The highest BCUT2D eigenvalue weighted by atomic mass is 19.3. The van der Waals surface area contributed by atoms with Crippen LogP contribution in [-0.4, -0.2) is 29.0 Å². The van der Waals surface area contributed by atoms with Gasteiger partial charge >= 0.3 is 5.69 Å². The first kappa shape index (κ1) is 23.4. The number of fused-ring (bicyclic) bond motifs is 1. The maximum atomic E-state index is 15.2. The van der Waals surface area contributed by atoms with Gasteiger partial charge in [0.2, 0.25) is 0 Å². The number of aliphatic hydroxyl groups excluding tert-OH is 1. The molecule has 0 saturated heterocycles. The van der Waals surface area contributed by atoms with Gasteiger partial charge in [-0.05, 0) is 30.5 Å². The van der Waals surface area contributed by atoms with E-state index >= 15 is 4.39 Å². The van der Waals surface area contributed by atoms with Gasteiger partial charge in [0.1, 0.15) is 6.61 Å². The molecular weight excluding hydrogens is 451 g/mol. The molecule has 4 rings (SSSR count). The van der Waals surface area contributed by atoms with Crippen molar-refractivity contribution in [3.8, 4) is 11.5 Å². The average Bonchev–Trinajstić information content (AvgIpc) is 3.14. The molecule has 0 spiro atoms. The number of aliphatic hydroxyl groups is 1. The lowest BCUT2D eigenvalue weighted by atomic mass is 10.0. The number of aromatic nitrogens is 5. The van der Waals surface area contributed by atoms with Gasteiger partial charge in [-0.2, -0.15) is 4.68 Å². The first-order valence-electron chi connectivity index (χ1n) is 10.6. The summed E-state index contributed by atoms with van der Waals surface area (Å²) in [5, 5.41) is 13.3. The molecular formula is C23H22F3N5O3. The second-order valence-electron chi connectivity index (χ2n) is 7.98. The van der Waals surface area contributed by atoms with Crippen molar-refractivity contribution >= 4 is 10.9 Å². The van der Waals surface area contributed by atoms with E-state index in [0.29, 0.717) is 5.56 Å². The summed E-state index contributed by atoms with van der Waals surface area (Å²) < 4.78 is 45.4. The molecule has 0 saturated carbocycles. The van der Waals surface area contributed by atoms with Crippen molar-refractivity contribution in [2.45, 2.75) is 46.3 Å². The van der Waals surface area contributed by atoms with Crippen LogP contribution in [0.2, 0.25) is 0 Å². The summed E-state index contributed by atoms with van der Waals surface area (Å²) in [7, 11) is 0. The minimum atomic E-state index is -2.82. The second kappa shape index (κ2) is 8.90. The lowest BCUT2D eigenvalue weighted by Gasteiger charge is -2.17. The molecule has 0 aliphatic carbocycles. The highest BCUT2D eigenvalue weighted by Gasteiger charge is 2.23. The Balaban J connectivity index is 2.05. The first-order valence-corrected chi connectivity index (χ1v) is 10.6. The number of benzene rings is 1. The van der Waals surface area contributed by atoms with Gasteiger partial charge in [0, 0.05) is 18.3 Å². The number of halogens is 3. The number of rotatable bonds is 6. The second-order valence-corrected chi connectivity index (χ2v) is 7.98. The number of pyridine rings is 2. The molecule has 0 amide bonds. The normalized spacial score (nSPS) is 11.8. The molecule has 0 aliphatic rings. The smallest absolute Gasteiger partial charge is 0.352 e. The SMILES string of the molecule is CCn1c(CO)nn(-c2nc3c(C(C)C)cn(-c4ccccc4C(F)F)c(=O)c3cc2F)c1=O. The Morgan fingerprint density at radius 2 is 1.82 bits per heavy atom. The molecule has 0 bridgehead atoms. The molecule has 1 N–H and O–H groups in total. The molecule has 34 heavy (non-hydrogen) atoms. The van der Waals surface area contributed by atoms with Crippen molar-refractivity contribution in [1.29, 1.82) is 0 Å². The number of alkyl halides is 2. The standard InChI is InChI=1S/C23H22F3N5O3/c1-4-29-18(11-32)28-31(23(29)34)21-16(24)9-14-19(27-21)15(12(2)3)10-30(22(14)33)17-8-6-5-7-13(17)20(25)26/h5-10,12,20,32H,4,11H2,1-3H3. The van der Waals surface area contributed by atoms with E-state index < -0.39 is 35.9 Å². The summed E-state index contributed by atoms with van der Waals surface area (Å²) in [5.41, 5.74) is -1.15. The van der Waals surface area contributed by atoms with Crippen LogP contribution in [0.3, 0.4) is 0 Å². The van der Waals surface area contributed by atoms with Gasteiger partial charge in [-0.3, -0.25) is 13.9 Å². The van der Waals surface area contributed by atoms with E-state index in [1.54, 1.807) is 6.92 Å². The largest absolute Gasteiger partial charge is 0.388 e. The topological polar surface area (TPSA) is 94.9 Å². The average molecular weight is 473 g/mol. The Kier molecular flexibility index (Phi) is 6.13. The zero-order valence-corrected chi connectivity index (χ0v) is 18.7. The van der Waals surface area contributed by atoms with Crippen LogP contribution in [0.25, 0.3) is 22.4 Å². The van der Waals surface area contributed by atoms with Gasteiger partial charge in [0.15, 0.2) is 17.5 Å². The summed E-state index contributed by atoms with van der Waals surface area (Å²) in [4.78, 5) is 30.3. The Hall–Kier alpha value is -3.73. The van der Waals surface area contributed by atoms with Crippen LogP contribution >= 0.6 is 0 Å². The molecule has 8 nitrogen and oxygen atoms in total. The van der Waals surface area contributed by atoms with E-state index in [2.05, 4.69) is 10.1 Å². The maximum Gasteiger partial charge on any atom is 0.352 e. The van der Waals surface area contributed by atoms with E-state index in [1.165, 1.54) is 35.0 Å². The minimum Gasteiger partial charge on any atom is -0.388 e. The van der Waals surface area contributed by atoms with E-state index in [1.807, 2.05) is 13.8 Å². The van der Waals surface area contributed by atoms with Crippen molar-refractivity contribution in [3.05, 3.63) is 80.1 Å². The van der Waals surface area contributed by atoms with Crippen LogP contribution in [0.5, 0.6) is 0 Å². The third-order valence-corrected chi connectivity index (χ3v) is 5.60. The molecule has 0 radical (unpaired) electrons. The lowest BCUT2D eigenvalue weighted by molar-refractivity contribution is 0.151. The fourth-order valence-electron chi connectivity index (χ4n) is 3.90. The molecule has 0 fully saturated rings. The van der Waals surface area contributed by atoms with E-state index in [4.69, 9.17) is 0 Å². The Labute approximate surface area is 191 Å². The fourth-order valence-corrected chi connectivity index (χ4v) is 3.90. The van der Waals surface area contributed by atoms with Crippen LogP contribution in [0.1, 0.15) is 50.1 Å². The van der Waals surface area contributed by atoms with E-state index in [-0.39, 0.29) is 40.4 Å². The van der Waals surface area contributed by atoms with Gasteiger partial charge in [-0.15, -0.1) is 5.10 Å². The Morgan fingerprint density at radius 1 is 1.12 bits per heavy atom. The number of nitrogens with zero attached hydrogens (tertiary/aromatic N) is 5. The number of hydrogen-bond donors (Lipinski definition) is 1. The van der Waals surface area contributed by atoms with Gasteiger partial charge in [-0.25, -0.2) is 22.9 Å². The van der Waals surface area contributed by atoms with Gasteiger partial charge in [-0.1, -0.05) is 32.0 Å². The lowest BCUT2D eigenvalue weighted by Crippen LogP contribution is -2.26. The van der Waals surface area contributed by atoms with Crippen LogP contribution in [0, 0.1) is 5.82 Å². The van der Waals surface area contributed by atoms with Crippen LogP contribution in [0.15, 0.2) is 46.1 Å². The summed E-state index contributed by atoms with van der Waals surface area (Å²) in [6.07, 6.45) is -1.41. The quantitative estimate of drug-likeness (QED) is 0.463. The molecule has 3 heterocycles. The Morgan fingerprint density at radius 3 is 2.41 bits per heavy atom. The predicted octanol–water partition coefficient (Wildman–Crippen LogP) is 3.45. The van der Waals surface area contributed by atoms with Gasteiger partial charge in [0.25, 0.3) is 12.0 Å². The summed E-state index contributed by atoms with van der Waals surface area (Å²) in [6.45, 7) is 4.98. The number of hydrogen-bond acceptors (Lipinski definition) is 5. The monoisotopic (exact) mass is 473 g/mol. The summed E-state index contributed by atoms with van der Waals surface area (Å²) >= 11 is 0. The predicted molar refractivity (Wildman–Crippen MR) is 119 cm³/mol. The minimum absolute atomic E-state index is 0.0127. The highest BCUT2D eigenvalue weighted by Crippen LogP contribution is 2.29. The van der Waals surface area contributed by atoms with Crippen molar-refractivity contribution in [2.24, 2.45) is 0 Å². The third kappa shape index (κ3) is 3.71. The third-order valence-electron chi connectivity index (χ3n) is 5.60. The molecule has 11 heteroatoms. The van der Waals surface area contributed by atoms with Crippen LogP contribution < -0.4 is 11.2 Å². The van der Waals surface area contributed by atoms with Crippen molar-refractivity contribution in [2.75, 3.05) is 0 Å². The number of para-hydroxylation sites is 1. The Bertz CT molecular complexity index is 1500. The molecule has 3 aromatic heterocycles. The molecule has 1 aromatic carbocycles. The van der Waals surface area contributed by atoms with Crippen molar-refractivity contribution in [3.63, 3.8) is 0 Å². The highest BCUT2D eigenvalue weighted by molar-refractivity contribution is 5.82. The van der Waals surface area contributed by atoms with Crippen molar-refractivity contribution < 1.29 is 18.3 Å². The fraction of sp³-hybridized carbons (Fsp3) is 0.304. The summed E-state index contributed by atoms with van der Waals surface area (Å²) in [6, 6.07) is 6.53. The van der Waals surface area contributed by atoms with Gasteiger partial charge < -0.3 is 5.11 Å². The molecule has 0 unspecified atom stereocenters. The molecule has 178 valence electrons. The van der Waals surface area contributed by atoms with Crippen LogP contribution in [-0.2, 0) is 13.2 Å². The van der Waals surface area contributed by atoms with E-state index in [9.17, 15) is 23.5 Å². The summed E-state index contributed by atoms with van der Waals surface area (Å²) in [5.74, 6) is -1.60. The zero-order valence-electron chi connectivity index (χ0n) is 18.7. The molecule has 0 atom stereocenters. The van der Waals surface area contributed by atoms with E-state index in [0.717, 1.165) is 15.3 Å². The molecule has 4 aromatic rings. The zero-order chi connectivity index (χ0) is 24.7. The maximum absolute atomic E-state index is 15.2. The van der Waals surface area contributed by atoms with Gasteiger partial charge in [0.05, 0.1) is 16.6 Å². The molecule has 0 aliphatic heterocycles.